The van der Waals surface area contributed by atoms with Gasteiger partial charge in [-0.2, -0.15) is 0 Å². The Morgan fingerprint density at radius 1 is 1.20 bits per heavy atom. The lowest BCUT2D eigenvalue weighted by atomic mass is 9.91. The summed E-state index contributed by atoms with van der Waals surface area (Å²) >= 11 is 3.47. The molecule has 1 aliphatic heterocycles. The predicted octanol–water partition coefficient (Wildman–Crippen LogP) is 4.23. The Morgan fingerprint density at radius 3 is 2.83 bits per heavy atom. The smallest absolute Gasteiger partial charge is 0.270 e. The van der Waals surface area contributed by atoms with Crippen molar-refractivity contribution in [3.63, 3.8) is 0 Å². The number of carbonyl (C=O) groups excluding carboxylic acids is 1. The number of fused-ring (bicyclic) bond motifs is 2. The highest BCUT2D eigenvalue weighted by atomic mass is 79.9. The first-order chi connectivity index (χ1) is 16.9. The molecule has 4 heterocycles. The van der Waals surface area contributed by atoms with Crippen LogP contribution in [0.2, 0.25) is 0 Å². The van der Waals surface area contributed by atoms with Crippen LogP contribution in [0.3, 0.4) is 0 Å². The van der Waals surface area contributed by atoms with E-state index in [9.17, 15) is 9.90 Å². The number of hydrogen-bond donors (Lipinski definition) is 6. The third-order valence-electron chi connectivity index (χ3n) is 6.65. The highest BCUT2D eigenvalue weighted by Crippen LogP contribution is 2.38. The molecule has 0 fully saturated rings. The topological polar surface area (TPSA) is 148 Å². The number of carbonyl (C=O) groups is 1. The molecule has 0 spiro atoms. The molecule has 2 unspecified atom stereocenters. The maximum atomic E-state index is 13.2. The molecule has 35 heavy (non-hydrogen) atoms. The van der Waals surface area contributed by atoms with Gasteiger partial charge in [0.2, 0.25) is 0 Å². The lowest BCUT2D eigenvalue weighted by Crippen LogP contribution is -2.40. The highest BCUT2D eigenvalue weighted by molar-refractivity contribution is 9.10. The van der Waals surface area contributed by atoms with E-state index < -0.39 is 0 Å². The summed E-state index contributed by atoms with van der Waals surface area (Å²) in [6.45, 7) is 2.42. The van der Waals surface area contributed by atoms with Crippen molar-refractivity contribution in [2.45, 2.75) is 18.9 Å². The van der Waals surface area contributed by atoms with E-state index in [4.69, 9.17) is 10.7 Å². The van der Waals surface area contributed by atoms with E-state index in [-0.39, 0.29) is 23.6 Å². The Hall–Kier alpha value is -4.05. The normalized spacial score (nSPS) is 17.0. The Morgan fingerprint density at radius 2 is 2.06 bits per heavy atom. The van der Waals surface area contributed by atoms with Crippen LogP contribution in [0.4, 0.5) is 5.95 Å². The molecule has 176 valence electrons. The van der Waals surface area contributed by atoms with Crippen LogP contribution in [-0.2, 0) is 4.79 Å². The molecule has 7 N–H and O–H groups in total. The first-order valence-electron chi connectivity index (χ1n) is 11.2. The average Bonchev–Trinajstić information content (AvgIpc) is 3.57. The zero-order chi connectivity index (χ0) is 24.3. The number of nitrogens with two attached hydrogens (primary N) is 1. The van der Waals surface area contributed by atoms with Crippen LogP contribution >= 0.6 is 15.9 Å². The molecular weight excluding hydrogens is 510 g/mol. The number of aromatic hydroxyl groups is 1. The Labute approximate surface area is 208 Å². The number of nitrogens with zero attached hydrogens (tertiary/aromatic N) is 2. The molecule has 0 saturated carbocycles. The summed E-state index contributed by atoms with van der Waals surface area (Å²) in [5.41, 5.74) is 11.2. The zero-order valence-corrected chi connectivity index (χ0v) is 20.3. The number of phenolic OH excluding ortho intramolecular Hbond substituents is 1. The SMILES string of the molecule is CC(c1cnc(N)[nH]1)c1ccc(O)c2[nH]cc(C3CN=C(c4c[nH]c5cc(Br)ccc45)C(=O)N3)c12. The molecule has 1 aliphatic rings. The number of nitrogens with one attached hydrogen (secondary N) is 4. The van der Waals surface area contributed by atoms with Crippen molar-refractivity contribution in [3.8, 4) is 5.75 Å². The van der Waals surface area contributed by atoms with Gasteiger partial charge in [0, 0.05) is 55.9 Å². The second-order valence-electron chi connectivity index (χ2n) is 8.72. The summed E-state index contributed by atoms with van der Waals surface area (Å²) < 4.78 is 0.957. The number of imidazole rings is 1. The van der Waals surface area contributed by atoms with Crippen molar-refractivity contribution in [3.05, 3.63) is 75.8 Å². The van der Waals surface area contributed by atoms with E-state index in [2.05, 4.69) is 41.2 Å². The minimum atomic E-state index is -0.348. The van der Waals surface area contributed by atoms with Crippen LogP contribution in [0.15, 0.2) is 58.4 Å². The first-order valence-corrected chi connectivity index (χ1v) is 12.0. The maximum Gasteiger partial charge on any atom is 0.270 e. The van der Waals surface area contributed by atoms with Gasteiger partial charge in [0.1, 0.15) is 11.5 Å². The molecule has 1 amide bonds. The summed E-state index contributed by atoms with van der Waals surface area (Å²) in [7, 11) is 0. The van der Waals surface area contributed by atoms with Crippen LogP contribution in [-0.4, -0.2) is 43.2 Å². The summed E-state index contributed by atoms with van der Waals surface area (Å²) in [6, 6.07) is 9.08. The monoisotopic (exact) mass is 531 g/mol. The zero-order valence-electron chi connectivity index (χ0n) is 18.7. The van der Waals surface area contributed by atoms with E-state index in [0.29, 0.717) is 23.7 Å². The first kappa shape index (κ1) is 21.5. The summed E-state index contributed by atoms with van der Waals surface area (Å²) in [5, 5.41) is 15.4. The Bertz CT molecular complexity index is 1640. The standard InChI is InChI=1S/C25H22BrN7O2/c1-11(18-9-31-25(27)33-18)13-4-5-20(34)23-21(13)16(8-29-23)19-10-30-22(24(35)32-19)15-7-28-17-6-12(26)2-3-14(15)17/h2-9,11,19,28-29,34H,10H2,1H3,(H,32,35)(H3,27,31,33). The van der Waals surface area contributed by atoms with E-state index in [1.807, 2.05) is 43.6 Å². The molecule has 0 radical (unpaired) electrons. The second kappa shape index (κ2) is 8.02. The van der Waals surface area contributed by atoms with Gasteiger partial charge in [0.05, 0.1) is 24.3 Å². The fourth-order valence-electron chi connectivity index (χ4n) is 4.87. The maximum absolute atomic E-state index is 13.2. The van der Waals surface area contributed by atoms with Crippen LogP contribution < -0.4 is 11.1 Å². The Kier molecular flexibility index (Phi) is 4.92. The second-order valence-corrected chi connectivity index (χ2v) is 9.64. The van der Waals surface area contributed by atoms with Crippen molar-refractivity contribution < 1.29 is 9.90 Å². The molecule has 2 aromatic carbocycles. The average molecular weight is 532 g/mol. The number of H-pyrrole nitrogens is 3. The van der Waals surface area contributed by atoms with Gasteiger partial charge < -0.3 is 31.1 Å². The summed E-state index contributed by atoms with van der Waals surface area (Å²) in [4.78, 5) is 31.5. The number of anilines is 1. The Balaban J connectivity index is 1.40. The van der Waals surface area contributed by atoms with E-state index >= 15 is 0 Å². The van der Waals surface area contributed by atoms with Gasteiger partial charge in [-0.3, -0.25) is 9.79 Å². The predicted molar refractivity (Wildman–Crippen MR) is 139 cm³/mol. The van der Waals surface area contributed by atoms with Crippen molar-refractivity contribution in [2.75, 3.05) is 12.3 Å². The van der Waals surface area contributed by atoms with Gasteiger partial charge in [-0.15, -0.1) is 0 Å². The third-order valence-corrected chi connectivity index (χ3v) is 7.14. The molecule has 5 aromatic rings. The van der Waals surface area contributed by atoms with Crippen LogP contribution in [0.25, 0.3) is 21.8 Å². The van der Waals surface area contributed by atoms with Gasteiger partial charge in [-0.1, -0.05) is 35.0 Å². The quantitative estimate of drug-likeness (QED) is 0.206. The molecule has 2 atom stereocenters. The minimum absolute atomic E-state index is 0.0682. The molecule has 3 aromatic heterocycles. The fourth-order valence-corrected chi connectivity index (χ4v) is 5.23. The number of benzene rings is 2. The number of halogens is 1. The number of hydrogen-bond acceptors (Lipinski definition) is 5. The van der Waals surface area contributed by atoms with Crippen molar-refractivity contribution in [1.29, 1.82) is 0 Å². The van der Waals surface area contributed by atoms with Gasteiger partial charge >= 0.3 is 0 Å². The van der Waals surface area contributed by atoms with Crippen LogP contribution in [0.5, 0.6) is 5.75 Å². The number of aromatic nitrogens is 4. The number of aliphatic imine (C=N–C) groups is 1. The third kappa shape index (κ3) is 3.48. The number of phenols is 1. The lowest BCUT2D eigenvalue weighted by Gasteiger charge is -2.23. The molecule has 10 heteroatoms. The molecule has 0 saturated heterocycles. The number of rotatable bonds is 4. The van der Waals surface area contributed by atoms with Crippen molar-refractivity contribution in [2.24, 2.45) is 4.99 Å². The summed E-state index contributed by atoms with van der Waals surface area (Å²) in [6.07, 6.45) is 5.36. The molecule has 9 nitrogen and oxygen atoms in total. The van der Waals surface area contributed by atoms with Crippen molar-refractivity contribution >= 4 is 55.3 Å². The summed E-state index contributed by atoms with van der Waals surface area (Å²) in [5.74, 6) is 0.182. The number of nitrogen functional groups attached to an aromatic ring is 1. The number of aromatic amines is 3. The fraction of sp³-hybridized carbons (Fsp3) is 0.160. The van der Waals surface area contributed by atoms with E-state index in [1.54, 1.807) is 12.3 Å². The molecular formula is C25H22BrN7O2. The van der Waals surface area contributed by atoms with Gasteiger partial charge in [-0.05, 0) is 23.8 Å². The molecule has 0 aliphatic carbocycles. The van der Waals surface area contributed by atoms with Gasteiger partial charge in [0.15, 0.2) is 5.95 Å². The van der Waals surface area contributed by atoms with E-state index in [1.165, 1.54) is 0 Å². The van der Waals surface area contributed by atoms with Gasteiger partial charge in [0.25, 0.3) is 5.91 Å². The van der Waals surface area contributed by atoms with Crippen molar-refractivity contribution in [1.82, 2.24) is 25.3 Å². The minimum Gasteiger partial charge on any atom is -0.506 e. The van der Waals surface area contributed by atoms with Gasteiger partial charge in [-0.25, -0.2) is 4.98 Å². The molecule has 0 bridgehead atoms. The molecule has 6 rings (SSSR count). The number of amides is 1. The highest BCUT2D eigenvalue weighted by Gasteiger charge is 2.29. The van der Waals surface area contributed by atoms with Crippen LogP contribution in [0, 0.1) is 0 Å². The lowest BCUT2D eigenvalue weighted by molar-refractivity contribution is -0.115. The largest absolute Gasteiger partial charge is 0.506 e. The van der Waals surface area contributed by atoms with Crippen LogP contribution in [0.1, 0.15) is 41.3 Å². The van der Waals surface area contributed by atoms with E-state index in [0.717, 1.165) is 43.1 Å².